The summed E-state index contributed by atoms with van der Waals surface area (Å²) in [6.45, 7) is 1.54. The Hall–Kier alpha value is -1.99. The highest BCUT2D eigenvalue weighted by Gasteiger charge is 2.09. The van der Waals surface area contributed by atoms with Crippen LogP contribution < -0.4 is 10.6 Å². The maximum absolute atomic E-state index is 11.7. The van der Waals surface area contributed by atoms with Crippen molar-refractivity contribution < 1.29 is 14.7 Å². The van der Waals surface area contributed by atoms with Crippen molar-refractivity contribution in [2.24, 2.45) is 0 Å². The summed E-state index contributed by atoms with van der Waals surface area (Å²) in [6, 6.07) is 5.10. The van der Waals surface area contributed by atoms with Gasteiger partial charge in [-0.2, -0.15) is 0 Å². The molecule has 0 aliphatic rings. The molecular formula is C12H13N3O3S. The van der Waals surface area contributed by atoms with Crippen LogP contribution in [-0.4, -0.2) is 35.1 Å². The molecular weight excluding hydrogens is 266 g/mol. The third-order valence-electron chi connectivity index (χ3n) is 2.33. The molecule has 0 atom stereocenters. The second-order valence-electron chi connectivity index (χ2n) is 3.86. The first-order valence-corrected chi connectivity index (χ1v) is 6.49. The Morgan fingerprint density at radius 1 is 1.42 bits per heavy atom. The van der Waals surface area contributed by atoms with Gasteiger partial charge in [0.25, 0.3) is 5.91 Å². The molecule has 0 fully saturated rings. The predicted molar refractivity (Wildman–Crippen MR) is 73.3 cm³/mol. The minimum Gasteiger partial charge on any atom is -0.395 e. The van der Waals surface area contributed by atoms with E-state index in [1.54, 1.807) is 18.2 Å². The monoisotopic (exact) mass is 279 g/mol. The number of hydrogen-bond acceptors (Lipinski definition) is 5. The summed E-state index contributed by atoms with van der Waals surface area (Å²) in [5.41, 5.74) is 1.23. The van der Waals surface area contributed by atoms with Crippen LogP contribution in [0.15, 0.2) is 18.2 Å². The van der Waals surface area contributed by atoms with E-state index in [1.165, 1.54) is 18.3 Å². The molecule has 0 aliphatic heterocycles. The van der Waals surface area contributed by atoms with Crippen molar-refractivity contribution in [2.45, 2.75) is 6.92 Å². The Balaban J connectivity index is 2.24. The molecule has 0 spiro atoms. The zero-order chi connectivity index (χ0) is 13.8. The van der Waals surface area contributed by atoms with Crippen LogP contribution in [0.3, 0.4) is 0 Å². The molecule has 0 saturated carbocycles. The molecule has 1 heterocycles. The fourth-order valence-corrected chi connectivity index (χ4v) is 2.49. The smallest absolute Gasteiger partial charge is 0.251 e. The third kappa shape index (κ3) is 3.27. The SMILES string of the molecule is CC(=O)Nc1nc2ccc(C(=O)NCCO)cc2s1. The predicted octanol–water partition coefficient (Wildman–Crippen LogP) is 0.977. The van der Waals surface area contributed by atoms with Crippen molar-refractivity contribution >= 4 is 38.5 Å². The van der Waals surface area contributed by atoms with Crippen LogP contribution in [0, 0.1) is 0 Å². The van der Waals surface area contributed by atoms with Crippen LogP contribution in [0.1, 0.15) is 17.3 Å². The molecule has 6 nitrogen and oxygen atoms in total. The number of carbonyl (C=O) groups excluding carboxylic acids is 2. The molecule has 3 N–H and O–H groups in total. The van der Waals surface area contributed by atoms with Gasteiger partial charge in [-0.3, -0.25) is 9.59 Å². The van der Waals surface area contributed by atoms with Gasteiger partial charge in [-0.1, -0.05) is 11.3 Å². The first-order valence-electron chi connectivity index (χ1n) is 5.67. The van der Waals surface area contributed by atoms with Gasteiger partial charge in [0, 0.05) is 19.0 Å². The second kappa shape index (κ2) is 5.77. The van der Waals surface area contributed by atoms with Crippen LogP contribution >= 0.6 is 11.3 Å². The number of fused-ring (bicyclic) bond motifs is 1. The first-order chi connectivity index (χ1) is 9.10. The van der Waals surface area contributed by atoms with Crippen LogP contribution in [0.25, 0.3) is 10.2 Å². The summed E-state index contributed by atoms with van der Waals surface area (Å²) < 4.78 is 0.820. The lowest BCUT2D eigenvalue weighted by Gasteiger charge is -2.02. The van der Waals surface area contributed by atoms with Gasteiger partial charge in [0.1, 0.15) is 0 Å². The lowest BCUT2D eigenvalue weighted by molar-refractivity contribution is -0.114. The molecule has 0 saturated heterocycles. The maximum Gasteiger partial charge on any atom is 0.251 e. The van der Waals surface area contributed by atoms with Crippen LogP contribution in [0.2, 0.25) is 0 Å². The van der Waals surface area contributed by atoms with E-state index < -0.39 is 0 Å². The van der Waals surface area contributed by atoms with E-state index in [9.17, 15) is 9.59 Å². The minimum atomic E-state index is -0.245. The number of hydrogen-bond donors (Lipinski definition) is 3. The van der Waals surface area contributed by atoms with Gasteiger partial charge in [0.2, 0.25) is 5.91 Å². The molecule has 0 radical (unpaired) electrons. The van der Waals surface area contributed by atoms with Gasteiger partial charge in [0.05, 0.1) is 16.8 Å². The summed E-state index contributed by atoms with van der Waals surface area (Å²) in [5.74, 6) is -0.426. The van der Waals surface area contributed by atoms with Gasteiger partial charge in [0.15, 0.2) is 5.13 Å². The number of aliphatic hydroxyl groups is 1. The normalized spacial score (nSPS) is 10.4. The number of anilines is 1. The number of amides is 2. The van der Waals surface area contributed by atoms with Gasteiger partial charge in [-0.05, 0) is 18.2 Å². The number of thiazole rings is 1. The number of aliphatic hydroxyl groups excluding tert-OH is 1. The van der Waals surface area contributed by atoms with E-state index >= 15 is 0 Å². The standard InChI is InChI=1S/C12H13N3O3S/c1-7(17)14-12-15-9-3-2-8(6-10(9)19-12)11(18)13-4-5-16/h2-3,6,16H,4-5H2,1H3,(H,13,18)(H,14,15,17). The summed E-state index contributed by atoms with van der Waals surface area (Å²) in [6.07, 6.45) is 0. The van der Waals surface area contributed by atoms with Crippen LogP contribution in [0.5, 0.6) is 0 Å². The molecule has 2 rings (SSSR count). The van der Waals surface area contributed by atoms with Crippen molar-refractivity contribution in [3.05, 3.63) is 23.8 Å². The van der Waals surface area contributed by atoms with E-state index in [-0.39, 0.29) is 25.0 Å². The number of carbonyl (C=O) groups is 2. The molecule has 2 amide bonds. The van der Waals surface area contributed by atoms with Gasteiger partial charge in [-0.25, -0.2) is 4.98 Å². The molecule has 1 aromatic carbocycles. The topological polar surface area (TPSA) is 91.3 Å². The van der Waals surface area contributed by atoms with Crippen molar-refractivity contribution in [1.29, 1.82) is 0 Å². The van der Waals surface area contributed by atoms with Crippen molar-refractivity contribution in [3.63, 3.8) is 0 Å². The number of benzene rings is 1. The number of nitrogens with one attached hydrogen (secondary N) is 2. The minimum absolute atomic E-state index is 0.0960. The van der Waals surface area contributed by atoms with Gasteiger partial charge in [-0.15, -0.1) is 0 Å². The van der Waals surface area contributed by atoms with Crippen LogP contribution in [0.4, 0.5) is 5.13 Å². The van der Waals surface area contributed by atoms with Crippen molar-refractivity contribution in [2.75, 3.05) is 18.5 Å². The fraction of sp³-hybridized carbons (Fsp3) is 0.250. The lowest BCUT2D eigenvalue weighted by Crippen LogP contribution is -2.26. The summed E-state index contributed by atoms with van der Waals surface area (Å²) in [4.78, 5) is 26.9. The average Bonchev–Trinajstić information content (AvgIpc) is 2.75. The zero-order valence-corrected chi connectivity index (χ0v) is 11.1. The quantitative estimate of drug-likeness (QED) is 0.778. The maximum atomic E-state index is 11.7. The lowest BCUT2D eigenvalue weighted by atomic mass is 10.2. The molecule has 0 aliphatic carbocycles. The third-order valence-corrected chi connectivity index (χ3v) is 3.26. The Kier molecular flexibility index (Phi) is 4.08. The van der Waals surface area contributed by atoms with E-state index in [2.05, 4.69) is 15.6 Å². The Labute approximate surface area is 113 Å². The van der Waals surface area contributed by atoms with Crippen molar-refractivity contribution in [3.8, 4) is 0 Å². The largest absolute Gasteiger partial charge is 0.395 e. The second-order valence-corrected chi connectivity index (χ2v) is 4.89. The summed E-state index contributed by atoms with van der Waals surface area (Å²) in [7, 11) is 0. The Morgan fingerprint density at radius 2 is 2.21 bits per heavy atom. The number of aromatic nitrogens is 1. The number of rotatable bonds is 4. The summed E-state index contributed by atoms with van der Waals surface area (Å²) >= 11 is 1.31. The molecule has 2 aromatic rings. The van der Waals surface area contributed by atoms with Gasteiger partial charge < -0.3 is 15.7 Å². The Bertz CT molecular complexity index is 624. The highest BCUT2D eigenvalue weighted by Crippen LogP contribution is 2.26. The first kappa shape index (κ1) is 13.4. The summed E-state index contributed by atoms with van der Waals surface area (Å²) in [5, 5.41) is 14.4. The fourth-order valence-electron chi connectivity index (χ4n) is 1.54. The molecule has 1 aromatic heterocycles. The molecule has 0 bridgehead atoms. The van der Waals surface area contributed by atoms with E-state index in [0.717, 1.165) is 10.2 Å². The Morgan fingerprint density at radius 3 is 2.89 bits per heavy atom. The van der Waals surface area contributed by atoms with Gasteiger partial charge >= 0.3 is 0 Å². The average molecular weight is 279 g/mol. The van der Waals surface area contributed by atoms with E-state index in [1.807, 2.05) is 0 Å². The van der Waals surface area contributed by atoms with E-state index in [0.29, 0.717) is 10.7 Å². The molecule has 0 unspecified atom stereocenters. The molecule has 7 heteroatoms. The van der Waals surface area contributed by atoms with E-state index in [4.69, 9.17) is 5.11 Å². The molecule has 19 heavy (non-hydrogen) atoms. The van der Waals surface area contributed by atoms with Crippen molar-refractivity contribution in [1.82, 2.24) is 10.3 Å². The van der Waals surface area contributed by atoms with Crippen LogP contribution in [-0.2, 0) is 4.79 Å². The molecule has 100 valence electrons. The number of nitrogens with zero attached hydrogens (tertiary/aromatic N) is 1. The zero-order valence-electron chi connectivity index (χ0n) is 10.3. The highest BCUT2D eigenvalue weighted by molar-refractivity contribution is 7.22. The highest BCUT2D eigenvalue weighted by atomic mass is 32.1.